The molecule has 2 amide bonds. The quantitative estimate of drug-likeness (QED) is 0.324. The summed E-state index contributed by atoms with van der Waals surface area (Å²) in [6.07, 6.45) is 0. The zero-order valence-electron chi connectivity index (χ0n) is 23.1. The van der Waals surface area contributed by atoms with E-state index in [2.05, 4.69) is 20.8 Å². The molecular formula is C27H36Cl2FN7O3. The normalized spacial score (nSPS) is 12.2. The molecule has 0 fully saturated rings. The standard InChI is InChI=1S/C27H34FN7O3.2ClH/c1-5-29-10-11-34(17-26(37)33(4)35-15-21-6-8-23(28)13-22(21)16-35)25(36)14-30-24-9-7-20(12-18(24)2)27-31-19(3)38-32-27;;/h6-9,12-13,29-30H,5,10-11,14-17H2,1-4H3;2*1H. The number of amides is 2. The summed E-state index contributed by atoms with van der Waals surface area (Å²) in [5, 5.41) is 13.7. The van der Waals surface area contributed by atoms with Crippen molar-refractivity contribution in [1.82, 2.24) is 30.4 Å². The molecular weight excluding hydrogens is 560 g/mol. The van der Waals surface area contributed by atoms with Crippen LogP contribution in [0.25, 0.3) is 11.4 Å². The number of aryl methyl sites for hydroxylation is 2. The lowest BCUT2D eigenvalue weighted by Gasteiger charge is -2.31. The first kappa shape index (κ1) is 33.0. The fourth-order valence-electron chi connectivity index (χ4n) is 4.36. The molecule has 0 atom stereocenters. The molecule has 0 spiro atoms. The average Bonchev–Trinajstić information content (AvgIpc) is 3.52. The highest BCUT2D eigenvalue weighted by atomic mass is 35.5. The van der Waals surface area contributed by atoms with Crippen molar-refractivity contribution in [2.24, 2.45) is 0 Å². The SMILES string of the molecule is CCNCCN(CC(=O)N(C)N1Cc2ccc(F)cc2C1)C(=O)CNc1ccc(-c2noc(C)n2)cc1C.Cl.Cl. The molecule has 0 bridgehead atoms. The van der Waals surface area contributed by atoms with Gasteiger partial charge in [-0.1, -0.05) is 18.1 Å². The summed E-state index contributed by atoms with van der Waals surface area (Å²) in [6, 6.07) is 10.4. The van der Waals surface area contributed by atoms with Crippen molar-refractivity contribution < 1.29 is 18.5 Å². The van der Waals surface area contributed by atoms with Crippen molar-refractivity contribution in [3.05, 3.63) is 64.8 Å². The molecule has 0 aliphatic carbocycles. The van der Waals surface area contributed by atoms with E-state index in [1.165, 1.54) is 17.1 Å². The van der Waals surface area contributed by atoms with Crippen LogP contribution >= 0.6 is 24.8 Å². The number of likely N-dealkylation sites (N-methyl/N-ethyl adjacent to an activating group) is 2. The van der Waals surface area contributed by atoms with Gasteiger partial charge in [0.05, 0.1) is 6.54 Å². The number of carbonyl (C=O) groups is 2. The van der Waals surface area contributed by atoms with E-state index in [-0.39, 0.29) is 55.5 Å². The van der Waals surface area contributed by atoms with Gasteiger partial charge in [0.2, 0.25) is 17.6 Å². The van der Waals surface area contributed by atoms with Crippen LogP contribution in [0.3, 0.4) is 0 Å². The van der Waals surface area contributed by atoms with Crippen molar-refractivity contribution in [1.29, 1.82) is 0 Å². The van der Waals surface area contributed by atoms with Crippen LogP contribution in [0.1, 0.15) is 29.5 Å². The van der Waals surface area contributed by atoms with Crippen LogP contribution < -0.4 is 10.6 Å². The van der Waals surface area contributed by atoms with Crippen molar-refractivity contribution in [3.8, 4) is 11.4 Å². The third-order valence-corrected chi connectivity index (χ3v) is 6.59. The summed E-state index contributed by atoms with van der Waals surface area (Å²) in [7, 11) is 1.69. The number of anilines is 1. The van der Waals surface area contributed by atoms with Gasteiger partial charge in [0.25, 0.3) is 5.91 Å². The highest BCUT2D eigenvalue weighted by molar-refractivity contribution is 5.87. The minimum absolute atomic E-state index is 0. The van der Waals surface area contributed by atoms with Gasteiger partial charge < -0.3 is 20.1 Å². The van der Waals surface area contributed by atoms with Crippen molar-refractivity contribution >= 4 is 42.3 Å². The first-order valence-corrected chi connectivity index (χ1v) is 12.7. The second-order valence-corrected chi connectivity index (χ2v) is 9.34. The lowest BCUT2D eigenvalue weighted by molar-refractivity contribution is -0.151. The van der Waals surface area contributed by atoms with Crippen LogP contribution in [0.4, 0.5) is 10.1 Å². The highest BCUT2D eigenvalue weighted by Gasteiger charge is 2.27. The maximum atomic E-state index is 13.6. The van der Waals surface area contributed by atoms with Crippen LogP contribution in [-0.4, -0.2) is 76.6 Å². The molecule has 13 heteroatoms. The van der Waals surface area contributed by atoms with Gasteiger partial charge in [-0.15, -0.1) is 24.8 Å². The maximum absolute atomic E-state index is 13.6. The number of fused-ring (bicyclic) bond motifs is 1. The van der Waals surface area contributed by atoms with Gasteiger partial charge in [-0.05, 0) is 60.5 Å². The number of rotatable bonds is 11. The zero-order chi connectivity index (χ0) is 27.2. The smallest absolute Gasteiger partial charge is 0.256 e. The topological polar surface area (TPSA) is 107 Å². The van der Waals surface area contributed by atoms with Crippen molar-refractivity contribution in [2.75, 3.05) is 45.1 Å². The second kappa shape index (κ2) is 14.9. The highest BCUT2D eigenvalue weighted by Crippen LogP contribution is 2.25. The third kappa shape index (κ3) is 8.14. The molecule has 0 radical (unpaired) electrons. The molecule has 2 N–H and O–H groups in total. The molecule has 4 rings (SSSR count). The van der Waals surface area contributed by atoms with E-state index >= 15 is 0 Å². The largest absolute Gasteiger partial charge is 0.376 e. The number of aromatic nitrogens is 2. The maximum Gasteiger partial charge on any atom is 0.256 e. The molecule has 1 aromatic heterocycles. The van der Waals surface area contributed by atoms with Crippen LogP contribution in [0.5, 0.6) is 0 Å². The molecule has 3 aromatic rings. The Morgan fingerprint density at radius 1 is 1.07 bits per heavy atom. The number of nitrogens with zero attached hydrogens (tertiary/aromatic N) is 5. The molecule has 0 saturated carbocycles. The predicted octanol–water partition coefficient (Wildman–Crippen LogP) is 3.58. The fraction of sp³-hybridized carbons (Fsp3) is 0.407. The van der Waals surface area contributed by atoms with Crippen LogP contribution in [-0.2, 0) is 22.7 Å². The van der Waals surface area contributed by atoms with Gasteiger partial charge in [0.15, 0.2) is 0 Å². The van der Waals surface area contributed by atoms with Crippen LogP contribution in [0.2, 0.25) is 0 Å². The Balaban J connectivity index is 0.00000280. The van der Waals surface area contributed by atoms with E-state index in [0.29, 0.717) is 37.9 Å². The van der Waals surface area contributed by atoms with E-state index in [1.807, 2.05) is 37.1 Å². The van der Waals surface area contributed by atoms with E-state index in [4.69, 9.17) is 4.52 Å². The third-order valence-electron chi connectivity index (χ3n) is 6.59. The van der Waals surface area contributed by atoms with Crippen molar-refractivity contribution in [2.45, 2.75) is 33.9 Å². The number of halogens is 3. The van der Waals surface area contributed by atoms with Crippen LogP contribution in [0.15, 0.2) is 40.9 Å². The molecule has 2 aromatic carbocycles. The molecule has 218 valence electrons. The van der Waals surface area contributed by atoms with E-state index in [0.717, 1.165) is 34.5 Å². The number of hydrazine groups is 1. The Bertz CT molecular complexity index is 1310. The Kier molecular flexibility index (Phi) is 12.3. The lowest BCUT2D eigenvalue weighted by Crippen LogP contribution is -2.49. The molecule has 10 nitrogen and oxygen atoms in total. The molecule has 0 saturated heterocycles. The number of carbonyl (C=O) groups excluding carboxylic acids is 2. The van der Waals surface area contributed by atoms with Gasteiger partial charge in [0, 0.05) is 51.4 Å². The van der Waals surface area contributed by atoms with Gasteiger partial charge in [-0.3, -0.25) is 14.6 Å². The monoisotopic (exact) mass is 595 g/mol. The zero-order valence-corrected chi connectivity index (χ0v) is 24.7. The number of hydrogen-bond donors (Lipinski definition) is 2. The minimum atomic E-state index is -0.290. The number of hydrogen-bond acceptors (Lipinski definition) is 8. The second-order valence-electron chi connectivity index (χ2n) is 9.34. The summed E-state index contributed by atoms with van der Waals surface area (Å²) >= 11 is 0. The summed E-state index contributed by atoms with van der Waals surface area (Å²) < 4.78 is 18.7. The predicted molar refractivity (Wildman–Crippen MR) is 156 cm³/mol. The molecule has 1 aliphatic rings. The average molecular weight is 597 g/mol. The Morgan fingerprint density at radius 3 is 2.50 bits per heavy atom. The first-order valence-electron chi connectivity index (χ1n) is 12.7. The molecule has 1 aliphatic heterocycles. The van der Waals surface area contributed by atoms with E-state index in [9.17, 15) is 14.0 Å². The lowest BCUT2D eigenvalue weighted by atomic mass is 10.1. The van der Waals surface area contributed by atoms with Crippen molar-refractivity contribution in [3.63, 3.8) is 0 Å². The summed E-state index contributed by atoms with van der Waals surface area (Å²) in [6.45, 7) is 8.35. The van der Waals surface area contributed by atoms with Gasteiger partial charge in [-0.2, -0.15) is 4.98 Å². The molecule has 40 heavy (non-hydrogen) atoms. The molecule has 2 heterocycles. The number of benzene rings is 2. The van der Waals surface area contributed by atoms with Crippen LogP contribution in [0, 0.1) is 19.7 Å². The minimum Gasteiger partial charge on any atom is -0.376 e. The Morgan fingerprint density at radius 2 is 1.82 bits per heavy atom. The summed E-state index contributed by atoms with van der Waals surface area (Å²) in [4.78, 5) is 32.1. The number of nitrogens with one attached hydrogen (secondary N) is 2. The van der Waals surface area contributed by atoms with Gasteiger partial charge >= 0.3 is 0 Å². The Labute approximate surface area is 246 Å². The van der Waals surface area contributed by atoms with Gasteiger partial charge in [0.1, 0.15) is 12.4 Å². The fourth-order valence-corrected chi connectivity index (χ4v) is 4.36. The van der Waals surface area contributed by atoms with E-state index < -0.39 is 0 Å². The summed E-state index contributed by atoms with van der Waals surface area (Å²) in [5.41, 5.74) is 4.41. The Hall–Kier alpha value is -3.25. The van der Waals surface area contributed by atoms with Gasteiger partial charge in [-0.25, -0.2) is 9.40 Å². The first-order chi connectivity index (χ1) is 18.2. The van der Waals surface area contributed by atoms with E-state index in [1.54, 1.807) is 24.9 Å². The summed E-state index contributed by atoms with van der Waals surface area (Å²) in [5.74, 6) is 0.318. The molecule has 0 unspecified atom stereocenters.